The molecule has 3 N–H and O–H groups in total. The lowest BCUT2D eigenvalue weighted by Gasteiger charge is -2.20. The molecule has 5 amide bonds. The predicted molar refractivity (Wildman–Crippen MR) is 333 cm³/mol. The number of benzene rings is 5. The molecule has 2 atom stereocenters. The van der Waals surface area contributed by atoms with Gasteiger partial charge in [0.25, 0.3) is 11.8 Å². The van der Waals surface area contributed by atoms with Gasteiger partial charge in [0.15, 0.2) is 23.0 Å². The van der Waals surface area contributed by atoms with E-state index in [0.29, 0.717) is 130 Å². The maximum absolute atomic E-state index is 13.6. The number of aliphatic imine (C=N–C) groups is 2. The zero-order valence-electron chi connectivity index (χ0n) is 50.1. The van der Waals surface area contributed by atoms with E-state index in [9.17, 15) is 24.0 Å². The maximum atomic E-state index is 13.6. The molecule has 21 nitrogen and oxygen atoms in total. The van der Waals surface area contributed by atoms with Crippen LogP contribution in [0, 0.1) is 11.8 Å². The lowest BCUT2D eigenvalue weighted by atomic mass is 9.98. The fourth-order valence-corrected chi connectivity index (χ4v) is 11.1. The van der Waals surface area contributed by atoms with Crippen LogP contribution < -0.4 is 34.9 Å². The van der Waals surface area contributed by atoms with Crippen LogP contribution in [0.25, 0.3) is 11.1 Å². The van der Waals surface area contributed by atoms with Crippen molar-refractivity contribution in [2.75, 3.05) is 106 Å². The Morgan fingerprint density at radius 1 is 0.573 bits per heavy atom. The van der Waals surface area contributed by atoms with E-state index in [1.807, 2.05) is 42.5 Å². The van der Waals surface area contributed by atoms with Crippen molar-refractivity contribution in [3.63, 3.8) is 0 Å². The average Bonchev–Trinajstić information content (AvgIpc) is 1.71. The normalized spacial score (nSPS) is 16.0. The van der Waals surface area contributed by atoms with E-state index in [4.69, 9.17) is 42.6 Å². The first kappa shape index (κ1) is 62.7. The van der Waals surface area contributed by atoms with Gasteiger partial charge in [0, 0.05) is 75.1 Å². The van der Waals surface area contributed by atoms with Crippen LogP contribution >= 0.6 is 0 Å². The molecule has 0 spiro atoms. The molecular weight excluding hydrogens is 1140 g/mol. The second-order valence-electron chi connectivity index (χ2n) is 21.8. The molecule has 4 aliphatic heterocycles. The molecule has 0 aromatic heterocycles. The van der Waals surface area contributed by atoms with E-state index in [1.165, 1.54) is 14.2 Å². The minimum absolute atomic E-state index is 0.0394. The standard InChI is InChI=1S/C68H73N7O14/c1-44-28-49-37-72-58-35-62(60(81-3)33-55(58)66(78)74(49)39-44)87-41-47-30-46(31-48(32-47)42-88-63-36-59-56(34-61(63)82-4)67(79)75-40-45(2)29-50(75)38-73-59)10-9-17-69-65(77)16-20-83-22-24-85-26-27-86-25-23-84-21-19-70-64(76)15-18-71-68(80)89-43-57-53-13-7-5-11-51(53)52-12-6-8-14-54(52)57/h5-8,11-14,30-38,49-50,57H,1-2,15-29,39-43H2,3-4H3,(H,69,77)(H,70,76)(H,71,80)/t49-,50-/m0/s1. The number of methoxy groups -OCH3 is 2. The van der Waals surface area contributed by atoms with Crippen LogP contribution in [-0.2, 0) is 46.5 Å². The molecule has 0 radical (unpaired) electrons. The van der Waals surface area contributed by atoms with Gasteiger partial charge in [-0.3, -0.25) is 29.2 Å². The number of carbonyl (C=O) groups excluding carboxylic acids is 5. The largest absolute Gasteiger partial charge is 0.493 e. The SMILES string of the molecule is C=C1C[C@H]2C=Nc3cc(OCc4cc(C#CCNC(=O)CCOCCOCCOCCOCCNC(=O)CCNC(=O)OCC5c6ccccc6-c6ccccc65)cc(COc5cc6c(cc5OC)C(=O)N5CC(=C)C[C@H]5C=N6)c4)c(OC)cc3C(=O)N2C1. The highest BCUT2D eigenvalue weighted by molar-refractivity contribution is 6.05. The van der Waals surface area contributed by atoms with Gasteiger partial charge in [-0.1, -0.05) is 84.7 Å². The molecule has 0 unspecified atom stereocenters. The average molecular weight is 1210 g/mol. The van der Waals surface area contributed by atoms with E-state index in [1.54, 1.807) is 46.5 Å². The highest BCUT2D eigenvalue weighted by atomic mass is 16.6. The summed E-state index contributed by atoms with van der Waals surface area (Å²) in [5, 5.41) is 8.26. The molecule has 10 rings (SSSR count). The Labute approximate surface area is 517 Å². The highest BCUT2D eigenvalue weighted by Crippen LogP contribution is 2.45. The molecule has 21 heteroatoms. The third-order valence-electron chi connectivity index (χ3n) is 15.5. The molecule has 5 aromatic carbocycles. The Morgan fingerprint density at radius 2 is 1.08 bits per heavy atom. The lowest BCUT2D eigenvalue weighted by molar-refractivity contribution is -0.122. The molecule has 5 aromatic rings. The van der Waals surface area contributed by atoms with Gasteiger partial charge < -0.3 is 68.4 Å². The van der Waals surface area contributed by atoms with Crippen LogP contribution in [0.3, 0.4) is 0 Å². The Kier molecular flexibility index (Phi) is 21.5. The molecule has 0 saturated carbocycles. The summed E-state index contributed by atoms with van der Waals surface area (Å²) in [6.07, 6.45) is 4.54. The summed E-state index contributed by atoms with van der Waals surface area (Å²) in [5.41, 5.74) is 10.4. The number of rotatable bonds is 29. The zero-order chi connectivity index (χ0) is 62.1. The molecule has 89 heavy (non-hydrogen) atoms. The van der Waals surface area contributed by atoms with Gasteiger partial charge in [0.2, 0.25) is 11.8 Å². The number of nitrogens with one attached hydrogen (secondary N) is 3. The second kappa shape index (κ2) is 30.5. The van der Waals surface area contributed by atoms with E-state index < -0.39 is 6.09 Å². The van der Waals surface area contributed by atoms with Crippen molar-refractivity contribution >= 4 is 53.5 Å². The summed E-state index contributed by atoms with van der Waals surface area (Å²) < 4.78 is 52.0. The van der Waals surface area contributed by atoms with Crippen LogP contribution in [-0.4, -0.2) is 170 Å². The first-order chi connectivity index (χ1) is 43.4. The number of amides is 5. The van der Waals surface area contributed by atoms with Crippen molar-refractivity contribution in [1.29, 1.82) is 0 Å². The number of fused-ring (bicyclic) bond motifs is 7. The number of nitrogens with zero attached hydrogens (tertiary/aromatic N) is 4. The third-order valence-corrected chi connectivity index (χ3v) is 15.5. The molecular formula is C68H73N7O14. The Morgan fingerprint density at radius 3 is 1.62 bits per heavy atom. The second-order valence-corrected chi connectivity index (χ2v) is 21.8. The molecule has 1 aliphatic carbocycles. The fraction of sp³-hybridized carbons (Fsp3) is 0.368. The Bertz CT molecular complexity index is 3410. The van der Waals surface area contributed by atoms with Gasteiger partial charge in [-0.05, 0) is 76.6 Å². The van der Waals surface area contributed by atoms with E-state index in [-0.39, 0.29) is 94.0 Å². The van der Waals surface area contributed by atoms with Crippen molar-refractivity contribution in [3.8, 4) is 46.0 Å². The van der Waals surface area contributed by atoms with Crippen LogP contribution in [0.2, 0.25) is 0 Å². The topological polar surface area (TPSA) is 236 Å². The molecule has 0 bridgehead atoms. The number of hydrogen-bond donors (Lipinski definition) is 3. The van der Waals surface area contributed by atoms with E-state index >= 15 is 0 Å². The van der Waals surface area contributed by atoms with Gasteiger partial charge in [0.05, 0.1) is 108 Å². The number of carbonyl (C=O) groups is 5. The van der Waals surface area contributed by atoms with Gasteiger partial charge in [-0.15, -0.1) is 0 Å². The number of alkyl carbamates (subject to hydrolysis) is 1. The van der Waals surface area contributed by atoms with Crippen molar-refractivity contribution in [2.24, 2.45) is 9.98 Å². The predicted octanol–water partition coefficient (Wildman–Crippen LogP) is 7.80. The van der Waals surface area contributed by atoms with Crippen LogP contribution in [0.1, 0.15) is 80.1 Å². The van der Waals surface area contributed by atoms with Crippen molar-refractivity contribution in [1.82, 2.24) is 25.8 Å². The molecule has 2 fully saturated rings. The zero-order valence-corrected chi connectivity index (χ0v) is 50.1. The van der Waals surface area contributed by atoms with E-state index in [0.717, 1.165) is 44.5 Å². The van der Waals surface area contributed by atoms with Crippen molar-refractivity contribution in [2.45, 2.75) is 56.9 Å². The molecule has 2 saturated heterocycles. The Hall–Kier alpha value is -9.33. The summed E-state index contributed by atoms with van der Waals surface area (Å²) in [6.45, 7) is 12.5. The quantitative estimate of drug-likeness (QED) is 0.0235. The highest BCUT2D eigenvalue weighted by Gasteiger charge is 2.36. The summed E-state index contributed by atoms with van der Waals surface area (Å²) >= 11 is 0. The molecule has 464 valence electrons. The third kappa shape index (κ3) is 16.3. The van der Waals surface area contributed by atoms with Gasteiger partial charge in [-0.25, -0.2) is 4.79 Å². The van der Waals surface area contributed by atoms with E-state index in [2.05, 4.69) is 75.2 Å². The van der Waals surface area contributed by atoms with Crippen molar-refractivity contribution in [3.05, 3.63) is 154 Å². The maximum Gasteiger partial charge on any atom is 0.407 e. The Balaban J connectivity index is 0.612. The molecule has 5 aliphatic rings. The summed E-state index contributed by atoms with van der Waals surface area (Å²) in [4.78, 5) is 77.5. The lowest BCUT2D eigenvalue weighted by Crippen LogP contribution is -2.35. The van der Waals surface area contributed by atoms with Crippen LogP contribution in [0.5, 0.6) is 23.0 Å². The summed E-state index contributed by atoms with van der Waals surface area (Å²) in [5.74, 6) is 6.97. The first-order valence-corrected chi connectivity index (χ1v) is 29.7. The monoisotopic (exact) mass is 1210 g/mol. The van der Waals surface area contributed by atoms with Gasteiger partial charge in [-0.2, -0.15) is 0 Å². The van der Waals surface area contributed by atoms with Crippen LogP contribution in [0.15, 0.2) is 125 Å². The summed E-state index contributed by atoms with van der Waals surface area (Å²) in [6, 6.07) is 28.4. The van der Waals surface area contributed by atoms with Gasteiger partial charge >= 0.3 is 6.09 Å². The number of ether oxygens (including phenoxy) is 9. The molecule has 4 heterocycles. The van der Waals surface area contributed by atoms with Crippen LogP contribution in [0.4, 0.5) is 16.2 Å². The smallest absolute Gasteiger partial charge is 0.407 e. The van der Waals surface area contributed by atoms with Crippen molar-refractivity contribution < 1.29 is 66.6 Å². The minimum Gasteiger partial charge on any atom is -0.493 e. The fourth-order valence-electron chi connectivity index (χ4n) is 11.1. The first-order valence-electron chi connectivity index (χ1n) is 29.7. The minimum atomic E-state index is -0.566. The van der Waals surface area contributed by atoms with Gasteiger partial charge in [0.1, 0.15) is 19.8 Å². The number of hydrogen-bond acceptors (Lipinski definition) is 16. The summed E-state index contributed by atoms with van der Waals surface area (Å²) in [7, 11) is 3.03.